The zero-order valence-electron chi connectivity index (χ0n) is 12.5. The first-order valence-corrected chi connectivity index (χ1v) is 7.91. The summed E-state index contributed by atoms with van der Waals surface area (Å²) in [6, 6.07) is 6.21. The largest absolute Gasteiger partial charge is 0.491 e. The lowest BCUT2D eigenvalue weighted by Crippen LogP contribution is -2.34. The second-order valence-electron chi connectivity index (χ2n) is 5.87. The van der Waals surface area contributed by atoms with Crippen LogP contribution >= 0.6 is 0 Å². The fourth-order valence-corrected chi connectivity index (χ4v) is 3.20. The van der Waals surface area contributed by atoms with Crippen LogP contribution in [0.2, 0.25) is 0 Å². The third kappa shape index (κ3) is 4.77. The van der Waals surface area contributed by atoms with Gasteiger partial charge in [0.1, 0.15) is 12.4 Å². The van der Waals surface area contributed by atoms with Gasteiger partial charge in [0.25, 0.3) is 0 Å². The number of aliphatic hydroxyl groups is 1. The highest BCUT2D eigenvalue weighted by molar-refractivity contribution is 7.89. The highest BCUT2D eigenvalue weighted by atomic mass is 32.2. The predicted octanol–water partition coefficient (Wildman–Crippen LogP) is 1.72. The van der Waals surface area contributed by atoms with Crippen LogP contribution in [0, 0.1) is 5.41 Å². The van der Waals surface area contributed by atoms with E-state index >= 15 is 0 Å². The molecule has 20 heavy (non-hydrogen) atoms. The molecule has 0 aliphatic carbocycles. The molecule has 0 fully saturated rings. The van der Waals surface area contributed by atoms with Crippen LogP contribution in [0.5, 0.6) is 5.75 Å². The van der Waals surface area contributed by atoms with Crippen molar-refractivity contribution in [1.82, 2.24) is 4.31 Å². The van der Waals surface area contributed by atoms with E-state index in [1.807, 2.05) is 20.8 Å². The Balaban J connectivity index is 2.87. The minimum Gasteiger partial charge on any atom is -0.491 e. The molecule has 0 bridgehead atoms. The van der Waals surface area contributed by atoms with Crippen molar-refractivity contribution >= 4 is 10.0 Å². The summed E-state index contributed by atoms with van der Waals surface area (Å²) < 4.78 is 31.3. The maximum atomic E-state index is 12.4. The molecule has 0 aliphatic rings. The standard InChI is InChI=1S/C14H23NO4S/c1-14(2,3)11-15(4)20(17,18)13-7-5-12(6-8-13)19-10-9-16/h5-8,16H,9-11H2,1-4H3. The molecule has 0 saturated carbocycles. The molecule has 5 nitrogen and oxygen atoms in total. The number of ether oxygens (including phenoxy) is 1. The molecule has 1 rings (SSSR count). The van der Waals surface area contributed by atoms with Gasteiger partial charge in [-0.2, -0.15) is 0 Å². The van der Waals surface area contributed by atoms with Crippen molar-refractivity contribution < 1.29 is 18.3 Å². The molecule has 114 valence electrons. The van der Waals surface area contributed by atoms with E-state index in [0.717, 1.165) is 0 Å². The van der Waals surface area contributed by atoms with E-state index < -0.39 is 10.0 Å². The Kier molecular flexibility index (Phi) is 5.56. The van der Waals surface area contributed by atoms with E-state index in [1.54, 1.807) is 19.2 Å². The average molecular weight is 301 g/mol. The maximum absolute atomic E-state index is 12.4. The normalized spacial score (nSPS) is 12.7. The van der Waals surface area contributed by atoms with Crippen molar-refractivity contribution in [3.63, 3.8) is 0 Å². The van der Waals surface area contributed by atoms with Gasteiger partial charge in [-0.3, -0.25) is 0 Å². The van der Waals surface area contributed by atoms with Crippen molar-refractivity contribution in [3.8, 4) is 5.75 Å². The van der Waals surface area contributed by atoms with Crippen LogP contribution in [-0.4, -0.2) is 44.6 Å². The van der Waals surface area contributed by atoms with Crippen molar-refractivity contribution in [2.75, 3.05) is 26.8 Å². The molecule has 0 amide bonds. The Morgan fingerprint density at radius 2 is 1.75 bits per heavy atom. The van der Waals surface area contributed by atoms with Gasteiger partial charge in [0.2, 0.25) is 10.0 Å². The molecular formula is C14H23NO4S. The Morgan fingerprint density at radius 1 is 1.20 bits per heavy atom. The van der Waals surface area contributed by atoms with E-state index in [2.05, 4.69) is 0 Å². The molecule has 1 aromatic carbocycles. The first kappa shape index (κ1) is 16.9. The summed E-state index contributed by atoms with van der Waals surface area (Å²) in [6.07, 6.45) is 0. The molecule has 6 heteroatoms. The van der Waals surface area contributed by atoms with Gasteiger partial charge >= 0.3 is 0 Å². The van der Waals surface area contributed by atoms with Crippen LogP contribution in [0.1, 0.15) is 20.8 Å². The number of nitrogens with zero attached hydrogens (tertiary/aromatic N) is 1. The van der Waals surface area contributed by atoms with Crippen molar-refractivity contribution in [1.29, 1.82) is 0 Å². The molecule has 0 saturated heterocycles. The molecule has 0 spiro atoms. The van der Waals surface area contributed by atoms with E-state index in [9.17, 15) is 8.42 Å². The summed E-state index contributed by atoms with van der Waals surface area (Å²) in [7, 11) is -1.90. The number of hydrogen-bond donors (Lipinski definition) is 1. The first-order valence-electron chi connectivity index (χ1n) is 6.47. The monoisotopic (exact) mass is 301 g/mol. The molecule has 0 aliphatic heterocycles. The van der Waals surface area contributed by atoms with Crippen molar-refractivity contribution in [2.45, 2.75) is 25.7 Å². The van der Waals surface area contributed by atoms with Crippen molar-refractivity contribution in [3.05, 3.63) is 24.3 Å². The number of rotatable bonds is 6. The van der Waals surface area contributed by atoms with Gasteiger partial charge in [0.15, 0.2) is 0 Å². The van der Waals surface area contributed by atoms with Crippen LogP contribution < -0.4 is 4.74 Å². The van der Waals surface area contributed by atoms with Gasteiger partial charge in [0.05, 0.1) is 11.5 Å². The average Bonchev–Trinajstić information content (AvgIpc) is 2.34. The second kappa shape index (κ2) is 6.56. The molecule has 1 N–H and O–H groups in total. The Bertz CT molecular complexity index is 517. The second-order valence-corrected chi connectivity index (χ2v) is 7.91. The van der Waals surface area contributed by atoms with Gasteiger partial charge in [-0.05, 0) is 29.7 Å². The number of aliphatic hydroxyl groups excluding tert-OH is 1. The zero-order valence-corrected chi connectivity index (χ0v) is 13.3. The van der Waals surface area contributed by atoms with Gasteiger partial charge in [-0.1, -0.05) is 20.8 Å². The molecule has 0 atom stereocenters. The Morgan fingerprint density at radius 3 is 2.20 bits per heavy atom. The smallest absolute Gasteiger partial charge is 0.242 e. The highest BCUT2D eigenvalue weighted by Crippen LogP contribution is 2.22. The summed E-state index contributed by atoms with van der Waals surface area (Å²) in [5.41, 5.74) is -0.105. The molecule has 0 aromatic heterocycles. The predicted molar refractivity (Wildman–Crippen MR) is 78.3 cm³/mol. The summed E-state index contributed by atoms with van der Waals surface area (Å²) in [6.45, 7) is 6.53. The number of hydrogen-bond acceptors (Lipinski definition) is 4. The summed E-state index contributed by atoms with van der Waals surface area (Å²) in [5.74, 6) is 0.538. The van der Waals surface area contributed by atoms with Crippen LogP contribution in [0.3, 0.4) is 0 Å². The van der Waals surface area contributed by atoms with Gasteiger partial charge in [-0.25, -0.2) is 12.7 Å². The fraction of sp³-hybridized carbons (Fsp3) is 0.571. The van der Waals surface area contributed by atoms with Crippen LogP contribution in [-0.2, 0) is 10.0 Å². The fourth-order valence-electron chi connectivity index (χ4n) is 1.80. The molecular weight excluding hydrogens is 278 g/mol. The van der Waals surface area contributed by atoms with E-state index in [-0.39, 0.29) is 23.5 Å². The lowest BCUT2D eigenvalue weighted by molar-refractivity contribution is 0.201. The molecule has 0 unspecified atom stereocenters. The van der Waals surface area contributed by atoms with Gasteiger partial charge in [-0.15, -0.1) is 0 Å². The van der Waals surface area contributed by atoms with Crippen LogP contribution in [0.15, 0.2) is 29.2 Å². The first-order chi connectivity index (χ1) is 9.16. The number of sulfonamides is 1. The topological polar surface area (TPSA) is 66.8 Å². The minimum atomic E-state index is -3.48. The molecule has 1 aromatic rings. The Labute approximate surface area is 121 Å². The minimum absolute atomic E-state index is 0.0750. The van der Waals surface area contributed by atoms with Crippen LogP contribution in [0.4, 0.5) is 0 Å². The van der Waals surface area contributed by atoms with Gasteiger partial charge in [0, 0.05) is 13.6 Å². The lowest BCUT2D eigenvalue weighted by Gasteiger charge is -2.26. The van der Waals surface area contributed by atoms with Gasteiger partial charge < -0.3 is 9.84 Å². The van der Waals surface area contributed by atoms with E-state index in [4.69, 9.17) is 9.84 Å². The molecule has 0 heterocycles. The van der Waals surface area contributed by atoms with Crippen molar-refractivity contribution in [2.24, 2.45) is 5.41 Å². The quantitative estimate of drug-likeness (QED) is 0.869. The summed E-state index contributed by atoms with van der Waals surface area (Å²) in [5, 5.41) is 8.66. The lowest BCUT2D eigenvalue weighted by atomic mass is 9.97. The summed E-state index contributed by atoms with van der Waals surface area (Å²) >= 11 is 0. The number of benzene rings is 1. The highest BCUT2D eigenvalue weighted by Gasteiger charge is 2.25. The third-order valence-corrected chi connectivity index (χ3v) is 4.41. The SMILES string of the molecule is CN(CC(C)(C)C)S(=O)(=O)c1ccc(OCCO)cc1. The van der Waals surface area contributed by atoms with E-state index in [0.29, 0.717) is 12.3 Å². The zero-order chi connectivity index (χ0) is 15.4. The summed E-state index contributed by atoms with van der Waals surface area (Å²) in [4.78, 5) is 0.237. The molecule has 0 radical (unpaired) electrons. The Hall–Kier alpha value is -1.11. The van der Waals surface area contributed by atoms with E-state index in [1.165, 1.54) is 16.4 Å². The van der Waals surface area contributed by atoms with Crippen LogP contribution in [0.25, 0.3) is 0 Å². The third-order valence-electron chi connectivity index (χ3n) is 2.59. The maximum Gasteiger partial charge on any atom is 0.242 e.